The molecule has 1 atom stereocenters. The van der Waals surface area contributed by atoms with Gasteiger partial charge < -0.3 is 15.4 Å². The predicted molar refractivity (Wildman–Crippen MR) is 106 cm³/mol. The summed E-state index contributed by atoms with van der Waals surface area (Å²) in [5.74, 6) is 2.25. The molecule has 0 aliphatic rings. The molecule has 0 aliphatic heterocycles. The summed E-state index contributed by atoms with van der Waals surface area (Å²) in [5, 5.41) is 6.73. The molecule has 0 amide bonds. The zero-order valence-electron chi connectivity index (χ0n) is 15.4. The van der Waals surface area contributed by atoms with Crippen molar-refractivity contribution in [2.75, 3.05) is 17.7 Å². The van der Waals surface area contributed by atoms with Crippen LogP contribution in [0.3, 0.4) is 0 Å². The van der Waals surface area contributed by atoms with Gasteiger partial charge in [-0.25, -0.2) is 4.98 Å². The number of aryl methyl sites for hydroxylation is 1. The zero-order valence-corrected chi connectivity index (χ0v) is 15.4. The summed E-state index contributed by atoms with van der Waals surface area (Å²) < 4.78 is 5.39. The number of rotatable bonds is 7. The number of benzene rings is 2. The minimum absolute atomic E-state index is 0.160. The minimum Gasteiger partial charge on any atom is -0.496 e. The maximum atomic E-state index is 5.39. The first kappa shape index (κ1) is 17.7. The maximum Gasteiger partial charge on any atom is 0.225 e. The standard InChI is InChI=1S/C21H24N4O/c1-15-13-20(24-16(2)17-9-5-4-6-10-17)25-21(23-15)22-14-18-11-7-8-12-19(18)26-3/h4-13,16H,14H2,1-3H3,(H2,22,23,24,25). The van der Waals surface area contributed by atoms with Gasteiger partial charge in [-0.05, 0) is 25.5 Å². The van der Waals surface area contributed by atoms with E-state index in [9.17, 15) is 0 Å². The van der Waals surface area contributed by atoms with Gasteiger partial charge in [-0.3, -0.25) is 0 Å². The Labute approximate surface area is 154 Å². The summed E-state index contributed by atoms with van der Waals surface area (Å²) >= 11 is 0. The molecule has 1 unspecified atom stereocenters. The topological polar surface area (TPSA) is 59.1 Å². The van der Waals surface area contributed by atoms with Gasteiger partial charge in [-0.2, -0.15) is 4.98 Å². The molecule has 3 rings (SSSR count). The summed E-state index contributed by atoms with van der Waals surface area (Å²) in [4.78, 5) is 9.08. The van der Waals surface area contributed by atoms with Crippen molar-refractivity contribution in [1.29, 1.82) is 0 Å². The number of nitrogens with zero attached hydrogens (tertiary/aromatic N) is 2. The first-order chi connectivity index (χ1) is 12.7. The van der Waals surface area contributed by atoms with Crippen LogP contribution in [0.2, 0.25) is 0 Å². The number of anilines is 2. The van der Waals surface area contributed by atoms with Crippen LogP contribution in [0.1, 0.15) is 29.8 Å². The fourth-order valence-corrected chi connectivity index (χ4v) is 2.79. The van der Waals surface area contributed by atoms with E-state index in [2.05, 4.69) is 39.7 Å². The largest absolute Gasteiger partial charge is 0.496 e. The molecule has 2 aromatic carbocycles. The molecule has 0 radical (unpaired) electrons. The Balaban J connectivity index is 1.71. The highest BCUT2D eigenvalue weighted by Crippen LogP contribution is 2.21. The van der Waals surface area contributed by atoms with E-state index in [1.54, 1.807) is 7.11 Å². The Kier molecular flexibility index (Phi) is 5.69. The normalized spacial score (nSPS) is 11.7. The first-order valence-electron chi connectivity index (χ1n) is 8.68. The average Bonchev–Trinajstić information content (AvgIpc) is 2.67. The number of methoxy groups -OCH3 is 1. The molecule has 0 saturated carbocycles. The van der Waals surface area contributed by atoms with E-state index in [0.29, 0.717) is 12.5 Å². The van der Waals surface area contributed by atoms with Crippen molar-refractivity contribution in [1.82, 2.24) is 9.97 Å². The molecule has 0 saturated heterocycles. The van der Waals surface area contributed by atoms with E-state index in [0.717, 1.165) is 22.8 Å². The Bertz CT molecular complexity index is 852. The number of ether oxygens (including phenoxy) is 1. The third-order valence-electron chi connectivity index (χ3n) is 4.15. The first-order valence-corrected chi connectivity index (χ1v) is 8.68. The van der Waals surface area contributed by atoms with Crippen LogP contribution in [0.5, 0.6) is 5.75 Å². The van der Waals surface area contributed by atoms with Crippen LogP contribution in [0.4, 0.5) is 11.8 Å². The number of aromatic nitrogens is 2. The van der Waals surface area contributed by atoms with E-state index >= 15 is 0 Å². The Morgan fingerprint density at radius 1 is 1.00 bits per heavy atom. The lowest BCUT2D eigenvalue weighted by Gasteiger charge is -2.16. The molecule has 0 spiro atoms. The predicted octanol–water partition coefficient (Wildman–Crippen LogP) is 4.58. The van der Waals surface area contributed by atoms with E-state index in [-0.39, 0.29) is 6.04 Å². The summed E-state index contributed by atoms with van der Waals surface area (Å²) in [7, 11) is 1.68. The fraction of sp³-hybridized carbons (Fsp3) is 0.238. The Morgan fingerprint density at radius 2 is 1.73 bits per heavy atom. The van der Waals surface area contributed by atoms with Gasteiger partial charge in [0.15, 0.2) is 0 Å². The summed E-state index contributed by atoms with van der Waals surface area (Å²) in [5.41, 5.74) is 3.19. The second-order valence-electron chi connectivity index (χ2n) is 6.16. The fourth-order valence-electron chi connectivity index (χ4n) is 2.79. The monoisotopic (exact) mass is 348 g/mol. The van der Waals surface area contributed by atoms with Gasteiger partial charge in [0.25, 0.3) is 0 Å². The Morgan fingerprint density at radius 3 is 2.50 bits per heavy atom. The highest BCUT2D eigenvalue weighted by atomic mass is 16.5. The zero-order chi connectivity index (χ0) is 18.4. The summed E-state index contributed by atoms with van der Waals surface area (Å²) in [6, 6.07) is 20.3. The number of hydrogen-bond donors (Lipinski definition) is 2. The third kappa shape index (κ3) is 4.51. The van der Waals surface area contributed by atoms with Crippen LogP contribution in [0.25, 0.3) is 0 Å². The van der Waals surface area contributed by atoms with Gasteiger partial charge in [0.1, 0.15) is 11.6 Å². The van der Waals surface area contributed by atoms with Gasteiger partial charge in [-0.1, -0.05) is 48.5 Å². The van der Waals surface area contributed by atoms with Crippen molar-refractivity contribution in [3.63, 3.8) is 0 Å². The summed E-state index contributed by atoms with van der Waals surface area (Å²) in [6.45, 7) is 4.68. The van der Waals surface area contributed by atoms with E-state index in [1.807, 2.05) is 55.5 Å². The van der Waals surface area contributed by atoms with Crippen molar-refractivity contribution < 1.29 is 4.74 Å². The highest BCUT2D eigenvalue weighted by Gasteiger charge is 2.08. The van der Waals surface area contributed by atoms with Gasteiger partial charge >= 0.3 is 0 Å². The molecular weight excluding hydrogens is 324 g/mol. The van der Waals surface area contributed by atoms with Crippen molar-refractivity contribution in [2.24, 2.45) is 0 Å². The van der Waals surface area contributed by atoms with Crippen LogP contribution < -0.4 is 15.4 Å². The molecule has 0 bridgehead atoms. The smallest absolute Gasteiger partial charge is 0.225 e. The molecule has 134 valence electrons. The quantitative estimate of drug-likeness (QED) is 0.654. The van der Waals surface area contributed by atoms with E-state index in [1.165, 1.54) is 5.56 Å². The molecule has 1 aromatic heterocycles. The average molecular weight is 348 g/mol. The van der Waals surface area contributed by atoms with Gasteiger partial charge in [0.2, 0.25) is 5.95 Å². The second kappa shape index (κ2) is 8.34. The van der Waals surface area contributed by atoms with Gasteiger partial charge in [0, 0.05) is 29.9 Å². The number of hydrogen-bond acceptors (Lipinski definition) is 5. The molecule has 1 heterocycles. The van der Waals surface area contributed by atoms with Crippen LogP contribution in [0, 0.1) is 6.92 Å². The SMILES string of the molecule is COc1ccccc1CNc1nc(C)cc(NC(C)c2ccccc2)n1. The molecular formula is C21H24N4O. The Hall–Kier alpha value is -3.08. The molecule has 5 nitrogen and oxygen atoms in total. The van der Waals surface area contributed by atoms with Crippen LogP contribution in [-0.4, -0.2) is 17.1 Å². The van der Waals surface area contributed by atoms with E-state index in [4.69, 9.17) is 4.74 Å². The molecule has 3 aromatic rings. The number of para-hydroxylation sites is 1. The van der Waals surface area contributed by atoms with Crippen molar-refractivity contribution >= 4 is 11.8 Å². The molecule has 2 N–H and O–H groups in total. The van der Waals surface area contributed by atoms with Gasteiger partial charge in [0.05, 0.1) is 7.11 Å². The highest BCUT2D eigenvalue weighted by molar-refractivity contribution is 5.45. The van der Waals surface area contributed by atoms with Crippen molar-refractivity contribution in [3.05, 3.63) is 77.5 Å². The second-order valence-corrected chi connectivity index (χ2v) is 6.16. The van der Waals surface area contributed by atoms with Gasteiger partial charge in [-0.15, -0.1) is 0 Å². The van der Waals surface area contributed by atoms with Crippen LogP contribution in [-0.2, 0) is 6.54 Å². The lowest BCUT2D eigenvalue weighted by atomic mass is 10.1. The lowest BCUT2D eigenvalue weighted by Crippen LogP contribution is -2.11. The van der Waals surface area contributed by atoms with E-state index < -0.39 is 0 Å². The number of nitrogens with one attached hydrogen (secondary N) is 2. The van der Waals surface area contributed by atoms with Crippen molar-refractivity contribution in [3.8, 4) is 5.75 Å². The summed E-state index contributed by atoms with van der Waals surface area (Å²) in [6.07, 6.45) is 0. The van der Waals surface area contributed by atoms with Crippen LogP contribution in [0.15, 0.2) is 60.7 Å². The van der Waals surface area contributed by atoms with Crippen molar-refractivity contribution in [2.45, 2.75) is 26.4 Å². The van der Waals surface area contributed by atoms with Crippen LogP contribution >= 0.6 is 0 Å². The molecule has 0 fully saturated rings. The lowest BCUT2D eigenvalue weighted by molar-refractivity contribution is 0.410. The third-order valence-corrected chi connectivity index (χ3v) is 4.15. The maximum absolute atomic E-state index is 5.39. The molecule has 5 heteroatoms. The molecule has 26 heavy (non-hydrogen) atoms. The molecule has 0 aliphatic carbocycles. The minimum atomic E-state index is 0.160.